The van der Waals surface area contributed by atoms with E-state index in [4.69, 9.17) is 9.47 Å². The summed E-state index contributed by atoms with van der Waals surface area (Å²) in [7, 11) is 0. The monoisotopic (exact) mass is 294 g/mol. The summed E-state index contributed by atoms with van der Waals surface area (Å²) < 4.78 is 11.1. The van der Waals surface area contributed by atoms with Crippen LogP contribution in [-0.4, -0.2) is 30.8 Å². The molecule has 1 aromatic rings. The first-order valence-corrected chi connectivity index (χ1v) is 7.43. The number of ether oxygens (including phenoxy) is 2. The number of hydrogen-bond donors (Lipinski definition) is 1. The smallest absolute Gasteiger partial charge is 0.310 e. The Hall–Kier alpha value is -1.66. The van der Waals surface area contributed by atoms with Crippen molar-refractivity contribution in [1.29, 1.82) is 0 Å². The predicted octanol–water partition coefficient (Wildman–Crippen LogP) is 2.65. The van der Waals surface area contributed by atoms with Crippen LogP contribution < -0.4 is 10.1 Å². The summed E-state index contributed by atoms with van der Waals surface area (Å²) in [5.41, 5.74) is 1.02. The fraction of sp³-hybridized carbons (Fsp3) is 0.600. The molecule has 0 amide bonds. The minimum absolute atomic E-state index is 0.00343. The molecule has 0 saturated carbocycles. The lowest BCUT2D eigenvalue weighted by molar-refractivity contribution is -0.386. The highest BCUT2D eigenvalue weighted by Crippen LogP contribution is 2.30. The minimum Gasteiger partial charge on any atom is -0.483 e. The molecule has 1 saturated heterocycles. The van der Waals surface area contributed by atoms with E-state index in [1.165, 1.54) is 6.07 Å². The van der Waals surface area contributed by atoms with E-state index in [0.717, 1.165) is 31.4 Å². The van der Waals surface area contributed by atoms with Crippen molar-refractivity contribution >= 4 is 5.69 Å². The third-order valence-electron chi connectivity index (χ3n) is 3.44. The molecule has 1 aliphatic heterocycles. The van der Waals surface area contributed by atoms with Gasteiger partial charge in [-0.25, -0.2) is 0 Å². The van der Waals surface area contributed by atoms with Crippen LogP contribution in [0.1, 0.15) is 31.7 Å². The second kappa shape index (κ2) is 7.95. The van der Waals surface area contributed by atoms with E-state index >= 15 is 0 Å². The molecule has 1 fully saturated rings. The second-order valence-corrected chi connectivity index (χ2v) is 5.17. The van der Waals surface area contributed by atoms with Crippen molar-refractivity contribution < 1.29 is 14.4 Å². The number of rotatable bonds is 7. The molecule has 1 heterocycles. The van der Waals surface area contributed by atoms with Crippen LogP contribution in [0.3, 0.4) is 0 Å². The minimum atomic E-state index is -0.391. The van der Waals surface area contributed by atoms with Gasteiger partial charge in [0.2, 0.25) is 0 Å². The standard InChI is InChI=1S/C15H22N2O4/c1-2-7-16-11-12-3-4-14(17(18)19)15(10-12)21-13-5-8-20-9-6-13/h3-4,10,13,16H,2,5-9,11H2,1H3. The van der Waals surface area contributed by atoms with E-state index < -0.39 is 4.92 Å². The van der Waals surface area contributed by atoms with Gasteiger partial charge in [-0.05, 0) is 24.6 Å². The van der Waals surface area contributed by atoms with Gasteiger partial charge in [0.15, 0.2) is 5.75 Å². The van der Waals surface area contributed by atoms with Crippen LogP contribution in [0.25, 0.3) is 0 Å². The van der Waals surface area contributed by atoms with Crippen LogP contribution in [0.15, 0.2) is 18.2 Å². The Bertz CT molecular complexity index is 473. The summed E-state index contributed by atoms with van der Waals surface area (Å²) in [6.07, 6.45) is 2.60. The zero-order valence-corrected chi connectivity index (χ0v) is 12.3. The van der Waals surface area contributed by atoms with Gasteiger partial charge in [-0.3, -0.25) is 10.1 Å². The van der Waals surface area contributed by atoms with Gasteiger partial charge in [-0.15, -0.1) is 0 Å². The summed E-state index contributed by atoms with van der Waals surface area (Å²) in [4.78, 5) is 10.7. The van der Waals surface area contributed by atoms with Gasteiger partial charge in [0.05, 0.1) is 18.1 Å². The van der Waals surface area contributed by atoms with Crippen LogP contribution in [-0.2, 0) is 11.3 Å². The molecular formula is C15H22N2O4. The van der Waals surface area contributed by atoms with E-state index in [1.54, 1.807) is 12.1 Å². The Kier molecular flexibility index (Phi) is 5.95. The number of benzene rings is 1. The molecule has 0 aliphatic carbocycles. The van der Waals surface area contributed by atoms with Crippen LogP contribution in [0, 0.1) is 10.1 Å². The zero-order valence-electron chi connectivity index (χ0n) is 12.3. The fourth-order valence-electron chi connectivity index (χ4n) is 2.30. The molecule has 6 nitrogen and oxygen atoms in total. The number of hydrogen-bond acceptors (Lipinski definition) is 5. The summed E-state index contributed by atoms with van der Waals surface area (Å²) in [5.74, 6) is 0.364. The second-order valence-electron chi connectivity index (χ2n) is 5.17. The quantitative estimate of drug-likeness (QED) is 0.475. The van der Waals surface area contributed by atoms with Crippen molar-refractivity contribution in [3.63, 3.8) is 0 Å². The Morgan fingerprint density at radius 3 is 2.86 bits per heavy atom. The van der Waals surface area contributed by atoms with Gasteiger partial charge in [-0.2, -0.15) is 0 Å². The first kappa shape index (κ1) is 15.7. The van der Waals surface area contributed by atoms with Gasteiger partial charge < -0.3 is 14.8 Å². The number of nitro groups is 1. The Morgan fingerprint density at radius 2 is 2.19 bits per heavy atom. The highest BCUT2D eigenvalue weighted by atomic mass is 16.6. The largest absolute Gasteiger partial charge is 0.483 e. The normalized spacial score (nSPS) is 15.9. The molecule has 21 heavy (non-hydrogen) atoms. The molecule has 0 unspecified atom stereocenters. The first-order chi connectivity index (χ1) is 10.2. The van der Waals surface area contributed by atoms with Crippen molar-refractivity contribution in [3.05, 3.63) is 33.9 Å². The van der Waals surface area contributed by atoms with Gasteiger partial charge in [0.1, 0.15) is 6.10 Å². The molecular weight excluding hydrogens is 272 g/mol. The lowest BCUT2D eigenvalue weighted by Gasteiger charge is -2.23. The third kappa shape index (κ3) is 4.68. The van der Waals surface area contributed by atoms with Crippen LogP contribution >= 0.6 is 0 Å². The Labute approximate surface area is 124 Å². The van der Waals surface area contributed by atoms with Crippen LogP contribution in [0.2, 0.25) is 0 Å². The van der Waals surface area contributed by atoms with Crippen molar-refractivity contribution in [2.75, 3.05) is 19.8 Å². The third-order valence-corrected chi connectivity index (χ3v) is 3.44. The van der Waals surface area contributed by atoms with E-state index in [0.29, 0.717) is 25.5 Å². The van der Waals surface area contributed by atoms with E-state index in [1.807, 2.05) is 0 Å². The van der Waals surface area contributed by atoms with E-state index in [-0.39, 0.29) is 11.8 Å². The van der Waals surface area contributed by atoms with Gasteiger partial charge in [0.25, 0.3) is 0 Å². The van der Waals surface area contributed by atoms with Gasteiger partial charge in [-0.1, -0.05) is 13.0 Å². The van der Waals surface area contributed by atoms with Gasteiger partial charge >= 0.3 is 5.69 Å². The molecule has 1 aromatic carbocycles. The number of nitrogens with zero attached hydrogens (tertiary/aromatic N) is 1. The highest BCUT2D eigenvalue weighted by molar-refractivity contribution is 5.48. The average Bonchev–Trinajstić information content (AvgIpc) is 2.48. The first-order valence-electron chi connectivity index (χ1n) is 7.43. The number of nitrogens with one attached hydrogen (secondary N) is 1. The summed E-state index contributed by atoms with van der Waals surface area (Å²) in [5, 5.41) is 14.4. The van der Waals surface area contributed by atoms with Gasteiger partial charge in [0, 0.05) is 25.5 Å². The molecule has 1 aliphatic rings. The summed E-state index contributed by atoms with van der Waals surface area (Å²) in [6.45, 7) is 5.01. The maximum Gasteiger partial charge on any atom is 0.310 e. The van der Waals surface area contributed by atoms with E-state index in [2.05, 4.69) is 12.2 Å². The van der Waals surface area contributed by atoms with Crippen LogP contribution in [0.4, 0.5) is 5.69 Å². The molecule has 1 N–H and O–H groups in total. The molecule has 0 atom stereocenters. The highest BCUT2D eigenvalue weighted by Gasteiger charge is 2.21. The molecule has 0 aromatic heterocycles. The maximum absolute atomic E-state index is 11.1. The molecule has 6 heteroatoms. The molecule has 116 valence electrons. The van der Waals surface area contributed by atoms with Crippen molar-refractivity contribution in [3.8, 4) is 5.75 Å². The molecule has 0 bridgehead atoms. The van der Waals surface area contributed by atoms with Crippen molar-refractivity contribution in [2.45, 2.75) is 38.8 Å². The molecule has 0 spiro atoms. The lowest BCUT2D eigenvalue weighted by atomic mass is 10.1. The predicted molar refractivity (Wildman–Crippen MR) is 79.6 cm³/mol. The van der Waals surface area contributed by atoms with Crippen molar-refractivity contribution in [2.24, 2.45) is 0 Å². The van der Waals surface area contributed by atoms with Crippen molar-refractivity contribution in [1.82, 2.24) is 5.32 Å². The Balaban J connectivity index is 2.09. The fourth-order valence-corrected chi connectivity index (χ4v) is 2.30. The maximum atomic E-state index is 11.1. The Morgan fingerprint density at radius 1 is 1.43 bits per heavy atom. The molecule has 0 radical (unpaired) electrons. The van der Waals surface area contributed by atoms with E-state index in [9.17, 15) is 10.1 Å². The summed E-state index contributed by atoms with van der Waals surface area (Å²) >= 11 is 0. The summed E-state index contributed by atoms with van der Waals surface area (Å²) in [6, 6.07) is 5.07. The average molecular weight is 294 g/mol. The molecule has 2 rings (SSSR count). The lowest BCUT2D eigenvalue weighted by Crippen LogP contribution is -2.26. The topological polar surface area (TPSA) is 73.6 Å². The van der Waals surface area contributed by atoms with Crippen LogP contribution in [0.5, 0.6) is 5.75 Å². The zero-order chi connectivity index (χ0) is 15.1. The number of nitro benzene ring substituents is 1. The SMILES string of the molecule is CCCNCc1ccc([N+](=O)[O-])c(OC2CCOCC2)c1.